The van der Waals surface area contributed by atoms with Crippen molar-refractivity contribution in [1.82, 2.24) is 19.5 Å². The zero-order valence-electron chi connectivity index (χ0n) is 31.0. The van der Waals surface area contributed by atoms with Crippen LogP contribution in [0.4, 0.5) is 0 Å². The van der Waals surface area contributed by atoms with Crippen molar-refractivity contribution in [3.8, 4) is 68.2 Å². The molecule has 0 N–H and O–H groups in total. The highest BCUT2D eigenvalue weighted by Gasteiger charge is 2.20. The number of nitrogens with zero attached hydrogens (tertiary/aromatic N) is 5. The first-order valence-electron chi connectivity index (χ1n) is 19.2. The van der Waals surface area contributed by atoms with Crippen molar-refractivity contribution in [3.63, 3.8) is 0 Å². The molecule has 8 aromatic carbocycles. The third kappa shape index (κ3) is 5.73. The zero-order valence-corrected chi connectivity index (χ0v) is 31.9. The van der Waals surface area contributed by atoms with Crippen LogP contribution < -0.4 is 0 Å². The van der Waals surface area contributed by atoms with Crippen LogP contribution in [0.1, 0.15) is 5.56 Å². The van der Waals surface area contributed by atoms with E-state index in [1.54, 1.807) is 12.1 Å². The SMILES string of the molecule is N#Cc1ccc(-c2nc(-c3cccc(-c4ccc5c(c4)sc4ccccc45)c3)nc(-c3ccc(-c4ccccc4)cc3-n3c4ccccc4c4ccccc43)n2)cc1. The third-order valence-electron chi connectivity index (χ3n) is 10.9. The van der Waals surface area contributed by atoms with E-state index in [0.717, 1.165) is 55.7 Å². The standard InChI is InChI=1S/C52H31N5S/c53-32-33-21-23-35(24-22-33)50-54-51(39-14-10-13-36(29-39)38-25-27-43-42-17-6-9-20-48(42)58-49(43)31-38)56-52(55-50)44-28-26-37(34-11-2-1-3-12-34)30-47(44)57-45-18-7-4-15-40(45)41-16-5-8-19-46(41)57/h1-31H. The highest BCUT2D eigenvalue weighted by atomic mass is 32.1. The van der Waals surface area contributed by atoms with E-state index in [4.69, 9.17) is 15.0 Å². The van der Waals surface area contributed by atoms with Gasteiger partial charge in [-0.1, -0.05) is 121 Å². The maximum Gasteiger partial charge on any atom is 0.166 e. The molecule has 0 aliphatic rings. The second-order valence-corrected chi connectivity index (χ2v) is 15.4. The van der Waals surface area contributed by atoms with Crippen molar-refractivity contribution in [1.29, 1.82) is 5.26 Å². The lowest BCUT2D eigenvalue weighted by atomic mass is 10.0. The minimum Gasteiger partial charge on any atom is -0.308 e. The number of hydrogen-bond donors (Lipinski definition) is 0. The van der Waals surface area contributed by atoms with E-state index in [0.29, 0.717) is 23.0 Å². The Morgan fingerprint density at radius 1 is 0.397 bits per heavy atom. The van der Waals surface area contributed by atoms with Gasteiger partial charge in [0.2, 0.25) is 0 Å². The third-order valence-corrected chi connectivity index (χ3v) is 12.0. The van der Waals surface area contributed by atoms with Gasteiger partial charge in [0, 0.05) is 47.6 Å². The minimum absolute atomic E-state index is 0.530. The van der Waals surface area contributed by atoms with Crippen LogP contribution in [-0.4, -0.2) is 19.5 Å². The number of aromatic nitrogens is 4. The average Bonchev–Trinajstić information content (AvgIpc) is 3.84. The summed E-state index contributed by atoms with van der Waals surface area (Å²) in [5.41, 5.74) is 10.7. The van der Waals surface area contributed by atoms with Gasteiger partial charge in [0.25, 0.3) is 0 Å². The van der Waals surface area contributed by atoms with E-state index in [1.807, 2.05) is 29.5 Å². The Kier molecular flexibility index (Phi) is 7.99. The second-order valence-electron chi connectivity index (χ2n) is 14.4. The summed E-state index contributed by atoms with van der Waals surface area (Å²) < 4.78 is 4.88. The number of thiophene rings is 1. The molecule has 58 heavy (non-hydrogen) atoms. The summed E-state index contributed by atoms with van der Waals surface area (Å²) in [6.45, 7) is 0. The van der Waals surface area contributed by atoms with E-state index in [9.17, 15) is 5.26 Å². The first-order valence-corrected chi connectivity index (χ1v) is 20.0. The lowest BCUT2D eigenvalue weighted by Gasteiger charge is -2.16. The van der Waals surface area contributed by atoms with Gasteiger partial charge in [-0.15, -0.1) is 11.3 Å². The summed E-state index contributed by atoms with van der Waals surface area (Å²) in [7, 11) is 0. The number of fused-ring (bicyclic) bond motifs is 6. The van der Waals surface area contributed by atoms with Crippen LogP contribution in [0.5, 0.6) is 0 Å². The highest BCUT2D eigenvalue weighted by molar-refractivity contribution is 7.25. The first-order chi connectivity index (χ1) is 28.7. The van der Waals surface area contributed by atoms with Crippen molar-refractivity contribution in [3.05, 3.63) is 194 Å². The van der Waals surface area contributed by atoms with Gasteiger partial charge in [0.05, 0.1) is 28.4 Å². The van der Waals surface area contributed by atoms with Crippen LogP contribution in [0, 0.1) is 11.3 Å². The average molecular weight is 758 g/mol. The summed E-state index contributed by atoms with van der Waals surface area (Å²) in [6.07, 6.45) is 0. The molecule has 0 saturated heterocycles. The molecule has 0 atom stereocenters. The van der Waals surface area contributed by atoms with E-state index < -0.39 is 0 Å². The fraction of sp³-hybridized carbons (Fsp3) is 0. The topological polar surface area (TPSA) is 67.4 Å². The maximum absolute atomic E-state index is 9.58. The molecule has 0 radical (unpaired) electrons. The summed E-state index contributed by atoms with van der Waals surface area (Å²) in [4.78, 5) is 15.6. The van der Waals surface area contributed by atoms with E-state index in [2.05, 4.69) is 168 Å². The van der Waals surface area contributed by atoms with Crippen LogP contribution in [0.2, 0.25) is 0 Å². The summed E-state index contributed by atoms with van der Waals surface area (Å²) >= 11 is 1.82. The van der Waals surface area contributed by atoms with Crippen molar-refractivity contribution in [2.75, 3.05) is 0 Å². The Hall–Kier alpha value is -7.72. The molecule has 3 aromatic heterocycles. The molecule has 6 heteroatoms. The Morgan fingerprint density at radius 2 is 0.948 bits per heavy atom. The molecular weight excluding hydrogens is 727 g/mol. The van der Waals surface area contributed by atoms with Gasteiger partial charge in [0.1, 0.15) is 0 Å². The lowest BCUT2D eigenvalue weighted by molar-refractivity contribution is 1.06. The van der Waals surface area contributed by atoms with Crippen LogP contribution >= 0.6 is 11.3 Å². The fourth-order valence-electron chi connectivity index (χ4n) is 8.09. The molecule has 0 amide bonds. The zero-order chi connectivity index (χ0) is 38.6. The second kappa shape index (κ2) is 13.8. The molecule has 0 aliphatic heterocycles. The molecule has 0 fully saturated rings. The highest BCUT2D eigenvalue weighted by Crippen LogP contribution is 2.40. The van der Waals surface area contributed by atoms with Crippen molar-refractivity contribution in [2.45, 2.75) is 0 Å². The normalized spacial score (nSPS) is 11.4. The molecule has 5 nitrogen and oxygen atoms in total. The van der Waals surface area contributed by atoms with Gasteiger partial charge < -0.3 is 4.57 Å². The molecule has 11 rings (SSSR count). The fourth-order valence-corrected chi connectivity index (χ4v) is 9.24. The summed E-state index contributed by atoms with van der Waals surface area (Å²) in [6, 6.07) is 67.5. The number of rotatable bonds is 6. The lowest BCUT2D eigenvalue weighted by Crippen LogP contribution is -2.04. The Morgan fingerprint density at radius 3 is 1.71 bits per heavy atom. The smallest absolute Gasteiger partial charge is 0.166 e. The number of para-hydroxylation sites is 2. The van der Waals surface area contributed by atoms with E-state index in [1.165, 1.54) is 30.9 Å². The van der Waals surface area contributed by atoms with Crippen molar-refractivity contribution >= 4 is 53.3 Å². The van der Waals surface area contributed by atoms with Gasteiger partial charge in [-0.2, -0.15) is 5.26 Å². The van der Waals surface area contributed by atoms with Crippen molar-refractivity contribution in [2.24, 2.45) is 0 Å². The monoisotopic (exact) mass is 757 g/mol. The van der Waals surface area contributed by atoms with E-state index in [-0.39, 0.29) is 0 Å². The molecule has 0 spiro atoms. The molecule has 3 heterocycles. The van der Waals surface area contributed by atoms with Gasteiger partial charge in [0.15, 0.2) is 17.5 Å². The molecule has 0 aliphatic carbocycles. The predicted octanol–water partition coefficient (Wildman–Crippen LogP) is 13.5. The van der Waals surface area contributed by atoms with Crippen LogP contribution in [0.3, 0.4) is 0 Å². The minimum atomic E-state index is 0.530. The maximum atomic E-state index is 9.58. The predicted molar refractivity (Wildman–Crippen MR) is 239 cm³/mol. The van der Waals surface area contributed by atoms with Gasteiger partial charge in [-0.25, -0.2) is 15.0 Å². The van der Waals surface area contributed by atoms with Gasteiger partial charge in [-0.05, 0) is 89.0 Å². The van der Waals surface area contributed by atoms with Gasteiger partial charge >= 0.3 is 0 Å². The van der Waals surface area contributed by atoms with Crippen LogP contribution in [0.15, 0.2) is 188 Å². The molecule has 0 unspecified atom stereocenters. The first kappa shape index (κ1) is 33.6. The summed E-state index contributed by atoms with van der Waals surface area (Å²) in [5, 5.41) is 14.5. The van der Waals surface area contributed by atoms with Crippen LogP contribution in [-0.2, 0) is 0 Å². The van der Waals surface area contributed by atoms with E-state index >= 15 is 0 Å². The quantitative estimate of drug-likeness (QED) is 0.169. The number of nitriles is 1. The largest absolute Gasteiger partial charge is 0.308 e. The van der Waals surface area contributed by atoms with Gasteiger partial charge in [-0.3, -0.25) is 0 Å². The Bertz CT molecular complexity index is 3360. The number of benzene rings is 8. The number of hydrogen-bond acceptors (Lipinski definition) is 5. The Balaban J connectivity index is 1.13. The van der Waals surface area contributed by atoms with Crippen molar-refractivity contribution < 1.29 is 0 Å². The molecule has 0 saturated carbocycles. The summed E-state index contributed by atoms with van der Waals surface area (Å²) in [5.74, 6) is 1.65. The molecule has 270 valence electrons. The Labute approximate surface area is 338 Å². The van der Waals surface area contributed by atoms with Crippen LogP contribution in [0.25, 0.3) is 104 Å². The molecule has 11 aromatic rings. The molecule has 0 bridgehead atoms. The molecular formula is C52H31N5S.